The highest BCUT2D eigenvalue weighted by molar-refractivity contribution is 7.17. The van der Waals surface area contributed by atoms with Crippen molar-refractivity contribution < 1.29 is 9.53 Å². The van der Waals surface area contributed by atoms with E-state index >= 15 is 0 Å². The van der Waals surface area contributed by atoms with Crippen LogP contribution in [0, 0.1) is 0 Å². The van der Waals surface area contributed by atoms with Gasteiger partial charge in [-0.05, 0) is 49.9 Å². The van der Waals surface area contributed by atoms with Gasteiger partial charge in [-0.15, -0.1) is 11.3 Å². The van der Waals surface area contributed by atoms with Crippen LogP contribution in [0.3, 0.4) is 0 Å². The lowest BCUT2D eigenvalue weighted by molar-refractivity contribution is 0.0240. The van der Waals surface area contributed by atoms with Gasteiger partial charge in [0.25, 0.3) is 0 Å². The van der Waals surface area contributed by atoms with Crippen molar-refractivity contribution in [2.75, 3.05) is 31.1 Å². The second-order valence-corrected chi connectivity index (χ2v) is 9.85. The lowest BCUT2D eigenvalue weighted by Crippen LogP contribution is -2.50. The molecular formula is C23H27ClN4O2S. The van der Waals surface area contributed by atoms with Gasteiger partial charge in [0.15, 0.2) is 0 Å². The zero-order chi connectivity index (χ0) is 22.2. The van der Waals surface area contributed by atoms with E-state index in [0.717, 1.165) is 33.6 Å². The number of nitrogens with zero attached hydrogens (tertiary/aromatic N) is 4. The van der Waals surface area contributed by atoms with Gasteiger partial charge in [-0.3, -0.25) is 0 Å². The predicted molar refractivity (Wildman–Crippen MR) is 127 cm³/mol. The van der Waals surface area contributed by atoms with E-state index in [0.29, 0.717) is 26.2 Å². The van der Waals surface area contributed by atoms with E-state index in [1.807, 2.05) is 20.8 Å². The van der Waals surface area contributed by atoms with Crippen molar-refractivity contribution in [3.63, 3.8) is 0 Å². The van der Waals surface area contributed by atoms with Crippen LogP contribution in [-0.2, 0) is 11.2 Å². The summed E-state index contributed by atoms with van der Waals surface area (Å²) in [6, 6.07) is 8.63. The highest BCUT2D eigenvalue weighted by Crippen LogP contribution is 2.39. The number of aromatic nitrogens is 2. The molecule has 0 saturated carbocycles. The number of carbonyl (C=O) groups is 1. The Labute approximate surface area is 191 Å². The van der Waals surface area contributed by atoms with Crippen LogP contribution >= 0.6 is 22.9 Å². The van der Waals surface area contributed by atoms with Crippen LogP contribution in [0.2, 0.25) is 5.28 Å². The van der Waals surface area contributed by atoms with Crippen LogP contribution < -0.4 is 4.90 Å². The molecule has 0 atom stereocenters. The zero-order valence-electron chi connectivity index (χ0n) is 18.3. The minimum Gasteiger partial charge on any atom is -0.444 e. The molecule has 1 aliphatic heterocycles. The Bertz CT molecular complexity index is 1080. The van der Waals surface area contributed by atoms with Crippen molar-refractivity contribution in [1.29, 1.82) is 0 Å². The maximum atomic E-state index is 12.4. The predicted octanol–water partition coefficient (Wildman–Crippen LogP) is 5.63. The van der Waals surface area contributed by atoms with Crippen molar-refractivity contribution in [2.24, 2.45) is 0 Å². The Hall–Kier alpha value is -2.38. The first-order chi connectivity index (χ1) is 14.7. The molecule has 8 heteroatoms. The number of halogens is 1. The van der Waals surface area contributed by atoms with Gasteiger partial charge in [-0.2, -0.15) is 4.98 Å². The molecule has 0 aliphatic carbocycles. The van der Waals surface area contributed by atoms with Gasteiger partial charge in [-0.1, -0.05) is 31.2 Å². The number of amides is 1. The Morgan fingerprint density at radius 2 is 1.81 bits per heavy atom. The van der Waals surface area contributed by atoms with Gasteiger partial charge in [0, 0.05) is 37.1 Å². The molecule has 1 aliphatic rings. The molecule has 0 N–H and O–H groups in total. The molecule has 4 rings (SSSR count). The molecule has 3 heterocycles. The van der Waals surface area contributed by atoms with Gasteiger partial charge < -0.3 is 14.5 Å². The number of piperazine rings is 1. The van der Waals surface area contributed by atoms with E-state index in [1.165, 1.54) is 5.56 Å². The normalized spacial score (nSPS) is 14.9. The fourth-order valence-electron chi connectivity index (χ4n) is 3.69. The standard InChI is InChI=1S/C23H27ClN4O2S/c1-5-15-6-8-16(9-7-15)17-14-31-20-18(17)19(25-21(24)26-20)27-10-12-28(13-11-27)22(29)30-23(2,3)4/h6-9,14H,5,10-13H2,1-4H3. The SMILES string of the molecule is CCc1ccc(-c2csc3nc(Cl)nc(N4CCN(C(=O)OC(C)(C)C)CC4)c23)cc1. The van der Waals surface area contributed by atoms with E-state index in [1.54, 1.807) is 16.2 Å². The topological polar surface area (TPSA) is 58.6 Å². The quantitative estimate of drug-likeness (QED) is 0.476. The first-order valence-corrected chi connectivity index (χ1v) is 11.8. The van der Waals surface area contributed by atoms with Crippen molar-refractivity contribution in [3.05, 3.63) is 40.5 Å². The van der Waals surface area contributed by atoms with Crippen LogP contribution in [0.4, 0.5) is 10.6 Å². The third kappa shape index (κ3) is 4.77. The molecule has 164 valence electrons. The monoisotopic (exact) mass is 458 g/mol. The zero-order valence-corrected chi connectivity index (χ0v) is 19.9. The third-order valence-corrected chi connectivity index (χ3v) is 6.33. The molecule has 1 fully saturated rings. The summed E-state index contributed by atoms with van der Waals surface area (Å²) in [7, 11) is 0. The number of aryl methyl sites for hydroxylation is 1. The molecule has 0 spiro atoms. The van der Waals surface area contributed by atoms with Gasteiger partial charge in [0.2, 0.25) is 5.28 Å². The molecule has 31 heavy (non-hydrogen) atoms. The lowest BCUT2D eigenvalue weighted by Gasteiger charge is -2.36. The summed E-state index contributed by atoms with van der Waals surface area (Å²) in [6.07, 6.45) is 0.738. The van der Waals surface area contributed by atoms with Crippen molar-refractivity contribution in [1.82, 2.24) is 14.9 Å². The molecule has 1 amide bonds. The highest BCUT2D eigenvalue weighted by atomic mass is 35.5. The van der Waals surface area contributed by atoms with Crippen LogP contribution in [0.1, 0.15) is 33.3 Å². The van der Waals surface area contributed by atoms with Gasteiger partial charge in [-0.25, -0.2) is 9.78 Å². The number of benzene rings is 1. The average molecular weight is 459 g/mol. The Morgan fingerprint density at radius 3 is 2.42 bits per heavy atom. The minimum atomic E-state index is -0.501. The number of thiophene rings is 1. The fourth-order valence-corrected chi connectivity index (χ4v) is 4.84. The third-order valence-electron chi connectivity index (χ3n) is 5.29. The maximum absolute atomic E-state index is 12.4. The van der Waals surface area contributed by atoms with Crippen molar-refractivity contribution in [3.8, 4) is 11.1 Å². The van der Waals surface area contributed by atoms with E-state index in [4.69, 9.17) is 16.3 Å². The van der Waals surface area contributed by atoms with Crippen LogP contribution in [0.25, 0.3) is 21.3 Å². The highest BCUT2D eigenvalue weighted by Gasteiger charge is 2.28. The summed E-state index contributed by atoms with van der Waals surface area (Å²) in [5.74, 6) is 0.828. The first kappa shape index (κ1) is 21.8. The van der Waals surface area contributed by atoms with E-state index in [-0.39, 0.29) is 11.4 Å². The van der Waals surface area contributed by atoms with Crippen molar-refractivity contribution >= 4 is 45.1 Å². The summed E-state index contributed by atoms with van der Waals surface area (Å²) in [6.45, 7) is 10.3. The smallest absolute Gasteiger partial charge is 0.410 e. The lowest BCUT2D eigenvalue weighted by atomic mass is 10.0. The Balaban J connectivity index is 1.62. The van der Waals surface area contributed by atoms with Crippen LogP contribution in [0.5, 0.6) is 0 Å². The average Bonchev–Trinajstić information content (AvgIpc) is 3.16. The molecule has 2 aromatic heterocycles. The van der Waals surface area contributed by atoms with Crippen molar-refractivity contribution in [2.45, 2.75) is 39.7 Å². The maximum Gasteiger partial charge on any atom is 0.410 e. The summed E-state index contributed by atoms with van der Waals surface area (Å²) in [5.41, 5.74) is 3.06. The van der Waals surface area contributed by atoms with E-state index in [9.17, 15) is 4.79 Å². The van der Waals surface area contributed by atoms with Crippen LogP contribution in [0.15, 0.2) is 29.6 Å². The number of fused-ring (bicyclic) bond motifs is 1. The van der Waals surface area contributed by atoms with Crippen LogP contribution in [-0.4, -0.2) is 52.7 Å². The molecule has 1 saturated heterocycles. The number of anilines is 1. The summed E-state index contributed by atoms with van der Waals surface area (Å²) in [4.78, 5) is 26.3. The number of ether oxygens (including phenoxy) is 1. The summed E-state index contributed by atoms with van der Waals surface area (Å²) in [5, 5.41) is 3.38. The molecule has 0 radical (unpaired) electrons. The molecule has 0 unspecified atom stereocenters. The molecular weight excluding hydrogens is 432 g/mol. The van der Waals surface area contributed by atoms with E-state index in [2.05, 4.69) is 51.4 Å². The van der Waals surface area contributed by atoms with Gasteiger partial charge in [0.1, 0.15) is 16.2 Å². The van der Waals surface area contributed by atoms with E-state index < -0.39 is 5.60 Å². The second kappa shape index (κ2) is 8.63. The van der Waals surface area contributed by atoms with Gasteiger partial charge >= 0.3 is 6.09 Å². The largest absolute Gasteiger partial charge is 0.444 e. The number of hydrogen-bond acceptors (Lipinski definition) is 6. The molecule has 6 nitrogen and oxygen atoms in total. The molecule has 3 aromatic rings. The Morgan fingerprint density at radius 1 is 1.13 bits per heavy atom. The minimum absolute atomic E-state index is 0.242. The second-order valence-electron chi connectivity index (χ2n) is 8.65. The fraction of sp³-hybridized carbons (Fsp3) is 0.435. The number of hydrogen-bond donors (Lipinski definition) is 0. The number of carbonyl (C=O) groups excluding carboxylic acids is 1. The molecule has 0 bridgehead atoms. The first-order valence-electron chi connectivity index (χ1n) is 10.5. The molecule has 1 aromatic carbocycles. The van der Waals surface area contributed by atoms with Gasteiger partial charge in [0.05, 0.1) is 5.39 Å². The summed E-state index contributed by atoms with van der Waals surface area (Å²) < 4.78 is 5.51. The number of rotatable bonds is 3. The summed E-state index contributed by atoms with van der Waals surface area (Å²) >= 11 is 7.84. The Kier molecular flexibility index (Phi) is 6.08.